The monoisotopic (exact) mass is 226 g/mol. The van der Waals surface area contributed by atoms with Gasteiger partial charge in [0.15, 0.2) is 0 Å². The molecule has 0 unspecified atom stereocenters. The van der Waals surface area contributed by atoms with Crippen molar-refractivity contribution in [3.8, 4) is 0 Å². The van der Waals surface area contributed by atoms with Gasteiger partial charge in [0.25, 0.3) is 0 Å². The molecule has 0 radical (unpaired) electrons. The van der Waals surface area contributed by atoms with Crippen molar-refractivity contribution in [2.45, 2.75) is 39.4 Å². The molecule has 0 aliphatic heterocycles. The topological polar surface area (TPSA) is 59.7 Å². The maximum atomic E-state index is 11.7. The molecule has 0 fully saturated rings. The van der Waals surface area contributed by atoms with Gasteiger partial charge in [-0.25, -0.2) is 0 Å². The van der Waals surface area contributed by atoms with Crippen LogP contribution in [0.1, 0.15) is 39.6 Å². The van der Waals surface area contributed by atoms with Crippen LogP contribution < -0.4 is 0 Å². The number of aliphatic hydroxyl groups is 1. The van der Waals surface area contributed by atoms with Gasteiger partial charge in [-0.1, -0.05) is 0 Å². The minimum atomic E-state index is -0.968. The van der Waals surface area contributed by atoms with E-state index in [4.69, 9.17) is 9.15 Å². The van der Waals surface area contributed by atoms with Crippen molar-refractivity contribution in [3.05, 3.63) is 24.2 Å². The van der Waals surface area contributed by atoms with Gasteiger partial charge in [-0.15, -0.1) is 0 Å². The van der Waals surface area contributed by atoms with Crippen molar-refractivity contribution in [2.24, 2.45) is 5.92 Å². The van der Waals surface area contributed by atoms with E-state index in [0.29, 0.717) is 5.76 Å². The molecule has 0 aromatic carbocycles. The van der Waals surface area contributed by atoms with Crippen LogP contribution in [0.3, 0.4) is 0 Å². The lowest BCUT2D eigenvalue weighted by molar-refractivity contribution is -0.163. The van der Waals surface area contributed by atoms with Gasteiger partial charge in [0, 0.05) is 0 Å². The predicted molar refractivity (Wildman–Crippen MR) is 58.7 cm³/mol. The summed E-state index contributed by atoms with van der Waals surface area (Å²) in [6.45, 7) is 6.98. The highest BCUT2D eigenvalue weighted by molar-refractivity contribution is 5.73. The molecule has 0 spiro atoms. The zero-order chi connectivity index (χ0) is 12.3. The highest BCUT2D eigenvalue weighted by Crippen LogP contribution is 2.24. The molecule has 2 atom stereocenters. The summed E-state index contributed by atoms with van der Waals surface area (Å²) in [6.07, 6.45) is 0.491. The Labute approximate surface area is 95.2 Å². The smallest absolute Gasteiger partial charge is 0.312 e. The Bertz CT molecular complexity index is 334. The van der Waals surface area contributed by atoms with Crippen molar-refractivity contribution in [3.63, 3.8) is 0 Å². The molecule has 1 aromatic rings. The first-order valence-electron chi connectivity index (χ1n) is 5.25. The normalized spacial score (nSPS) is 15.6. The van der Waals surface area contributed by atoms with Crippen molar-refractivity contribution in [1.82, 2.24) is 0 Å². The minimum absolute atomic E-state index is 0.373. The van der Waals surface area contributed by atoms with Gasteiger partial charge in [-0.05, 0) is 39.8 Å². The van der Waals surface area contributed by atoms with E-state index in [1.54, 1.807) is 39.8 Å². The molecule has 90 valence electrons. The molecule has 16 heavy (non-hydrogen) atoms. The average Bonchev–Trinajstić information content (AvgIpc) is 2.65. The maximum absolute atomic E-state index is 11.7. The number of hydrogen-bond acceptors (Lipinski definition) is 4. The third-order valence-electron chi connectivity index (χ3n) is 2.09. The molecule has 0 bridgehead atoms. The summed E-state index contributed by atoms with van der Waals surface area (Å²) in [7, 11) is 0. The minimum Gasteiger partial charge on any atom is -0.467 e. The SMILES string of the molecule is C[C@H](C(=O)OC(C)(C)C)[C@H](O)c1ccco1. The lowest BCUT2D eigenvalue weighted by atomic mass is 10.0. The molecule has 0 aliphatic rings. The summed E-state index contributed by atoms with van der Waals surface area (Å²) >= 11 is 0. The van der Waals surface area contributed by atoms with Crippen molar-refractivity contribution in [2.75, 3.05) is 0 Å². The van der Waals surface area contributed by atoms with Crippen LogP contribution in [0.2, 0.25) is 0 Å². The lowest BCUT2D eigenvalue weighted by Crippen LogP contribution is -2.30. The molecular formula is C12H18O4. The first-order chi connectivity index (χ1) is 7.31. The Morgan fingerprint density at radius 2 is 2.12 bits per heavy atom. The van der Waals surface area contributed by atoms with Crippen LogP contribution in [0.4, 0.5) is 0 Å². The summed E-state index contributed by atoms with van der Waals surface area (Å²) in [4.78, 5) is 11.7. The number of esters is 1. The molecule has 0 aliphatic carbocycles. The quantitative estimate of drug-likeness (QED) is 0.803. The summed E-state index contributed by atoms with van der Waals surface area (Å²) in [6, 6.07) is 3.30. The standard InChI is InChI=1S/C12H18O4/c1-8(11(14)16-12(2,3)4)10(13)9-6-5-7-15-9/h5-8,10,13H,1-4H3/t8-,10-/m0/s1. The van der Waals surface area contributed by atoms with Crippen LogP contribution in [-0.4, -0.2) is 16.7 Å². The van der Waals surface area contributed by atoms with E-state index in [0.717, 1.165) is 0 Å². The second-order valence-corrected chi connectivity index (χ2v) is 4.78. The van der Waals surface area contributed by atoms with Crippen LogP contribution in [-0.2, 0) is 9.53 Å². The zero-order valence-electron chi connectivity index (χ0n) is 10.1. The van der Waals surface area contributed by atoms with Gasteiger partial charge in [-0.3, -0.25) is 4.79 Å². The maximum Gasteiger partial charge on any atom is 0.312 e. The molecule has 4 nitrogen and oxygen atoms in total. The average molecular weight is 226 g/mol. The highest BCUT2D eigenvalue weighted by atomic mass is 16.6. The van der Waals surface area contributed by atoms with Gasteiger partial charge < -0.3 is 14.3 Å². The molecule has 1 N–H and O–H groups in total. The molecule has 0 saturated heterocycles. The fourth-order valence-electron chi connectivity index (χ4n) is 1.23. The Kier molecular flexibility index (Phi) is 3.75. The van der Waals surface area contributed by atoms with E-state index in [-0.39, 0.29) is 0 Å². The summed E-state index contributed by atoms with van der Waals surface area (Å²) < 4.78 is 10.2. The van der Waals surface area contributed by atoms with Gasteiger partial charge in [0.2, 0.25) is 0 Å². The third kappa shape index (κ3) is 3.38. The molecular weight excluding hydrogens is 208 g/mol. The Morgan fingerprint density at radius 3 is 2.56 bits per heavy atom. The lowest BCUT2D eigenvalue weighted by Gasteiger charge is -2.23. The first kappa shape index (κ1) is 12.8. The second-order valence-electron chi connectivity index (χ2n) is 4.78. The summed E-state index contributed by atoms with van der Waals surface area (Å²) in [5, 5.41) is 9.85. The number of furan rings is 1. The zero-order valence-corrected chi connectivity index (χ0v) is 10.1. The Hall–Kier alpha value is -1.29. The summed E-state index contributed by atoms with van der Waals surface area (Å²) in [5.41, 5.74) is -0.547. The largest absolute Gasteiger partial charge is 0.467 e. The Balaban J connectivity index is 2.64. The second kappa shape index (κ2) is 4.70. The van der Waals surface area contributed by atoms with Crippen molar-refractivity contribution < 1.29 is 19.1 Å². The van der Waals surface area contributed by atoms with E-state index >= 15 is 0 Å². The molecule has 4 heteroatoms. The van der Waals surface area contributed by atoms with Crippen molar-refractivity contribution >= 4 is 5.97 Å². The number of carbonyl (C=O) groups is 1. The van der Waals surface area contributed by atoms with E-state index in [2.05, 4.69) is 0 Å². The van der Waals surface area contributed by atoms with Crippen LogP contribution in [0, 0.1) is 5.92 Å². The van der Waals surface area contributed by atoms with Crippen molar-refractivity contribution in [1.29, 1.82) is 0 Å². The Morgan fingerprint density at radius 1 is 1.50 bits per heavy atom. The molecule has 1 aromatic heterocycles. The van der Waals surface area contributed by atoms with E-state index in [1.807, 2.05) is 0 Å². The van der Waals surface area contributed by atoms with Gasteiger partial charge in [-0.2, -0.15) is 0 Å². The van der Waals surface area contributed by atoms with E-state index in [9.17, 15) is 9.90 Å². The first-order valence-corrected chi connectivity index (χ1v) is 5.25. The highest BCUT2D eigenvalue weighted by Gasteiger charge is 2.29. The van der Waals surface area contributed by atoms with Crippen LogP contribution in [0.15, 0.2) is 22.8 Å². The molecule has 0 saturated carbocycles. The number of hydrogen-bond donors (Lipinski definition) is 1. The van der Waals surface area contributed by atoms with E-state index < -0.39 is 23.6 Å². The predicted octanol–water partition coefficient (Wildman–Crippen LogP) is 2.29. The van der Waals surface area contributed by atoms with Gasteiger partial charge in [0.05, 0.1) is 12.2 Å². The number of aliphatic hydroxyl groups excluding tert-OH is 1. The number of carbonyl (C=O) groups excluding carboxylic acids is 1. The molecule has 0 amide bonds. The number of rotatable bonds is 3. The molecule has 1 heterocycles. The van der Waals surface area contributed by atoms with Crippen LogP contribution >= 0.6 is 0 Å². The van der Waals surface area contributed by atoms with Crippen LogP contribution in [0.25, 0.3) is 0 Å². The third-order valence-corrected chi connectivity index (χ3v) is 2.09. The fourth-order valence-corrected chi connectivity index (χ4v) is 1.23. The fraction of sp³-hybridized carbons (Fsp3) is 0.583. The van der Waals surface area contributed by atoms with Gasteiger partial charge >= 0.3 is 5.97 Å². The van der Waals surface area contributed by atoms with Crippen LogP contribution in [0.5, 0.6) is 0 Å². The van der Waals surface area contributed by atoms with E-state index in [1.165, 1.54) is 6.26 Å². The summed E-state index contributed by atoms with van der Waals surface area (Å²) in [5.74, 6) is -0.708. The molecule has 1 rings (SSSR count). The number of ether oxygens (including phenoxy) is 1. The van der Waals surface area contributed by atoms with Gasteiger partial charge in [0.1, 0.15) is 17.5 Å².